The fourth-order valence-corrected chi connectivity index (χ4v) is 5.88. The molecular weight excluding hydrogens is 501 g/mol. The van der Waals surface area contributed by atoms with Crippen LogP contribution in [0.2, 0.25) is 0 Å². The van der Waals surface area contributed by atoms with E-state index < -0.39 is 7.82 Å². The van der Waals surface area contributed by atoms with E-state index >= 15 is 0 Å². The smallest absolute Gasteiger partial charge is 0.379 e. The fraction of sp³-hybridized carbons (Fsp3) is 1.00. The number of rotatable bonds is 27. The molecule has 1 N–H and O–H groups in total. The van der Waals surface area contributed by atoms with Crippen LogP contribution < -0.4 is 0 Å². The van der Waals surface area contributed by atoms with Crippen molar-refractivity contribution >= 4 is 7.82 Å². The molecule has 1 saturated heterocycles. The number of hydrogen-bond donors (Lipinski definition) is 1. The van der Waals surface area contributed by atoms with Crippen LogP contribution in [0.25, 0.3) is 0 Å². The van der Waals surface area contributed by atoms with Crippen LogP contribution in [0.1, 0.15) is 129 Å². The molecule has 228 valence electrons. The molecule has 8 heteroatoms. The van der Waals surface area contributed by atoms with E-state index in [-0.39, 0.29) is 19.3 Å². The Morgan fingerprint density at radius 1 is 0.816 bits per heavy atom. The second-order valence-corrected chi connectivity index (χ2v) is 12.8. The molecular formula is C30H62NO6P. The Balaban J connectivity index is 1.89. The van der Waals surface area contributed by atoms with Crippen LogP contribution >= 0.6 is 7.82 Å². The molecule has 3 atom stereocenters. The van der Waals surface area contributed by atoms with Crippen molar-refractivity contribution in [2.24, 2.45) is 5.92 Å². The normalized spacial score (nSPS) is 19.0. The van der Waals surface area contributed by atoms with Crippen molar-refractivity contribution in [2.45, 2.75) is 136 Å². The SMILES string of the molecule is CCCCCCCCCCCCCCCCCCOCC(COP(=O)(O)OCCN1CCCC(C)C1)OC. The Morgan fingerprint density at radius 3 is 1.89 bits per heavy atom. The van der Waals surface area contributed by atoms with Crippen LogP contribution in [0.3, 0.4) is 0 Å². The highest BCUT2D eigenvalue weighted by Crippen LogP contribution is 2.43. The summed E-state index contributed by atoms with van der Waals surface area (Å²) in [7, 11) is -2.52. The lowest BCUT2D eigenvalue weighted by atomic mass is 10.0. The van der Waals surface area contributed by atoms with Gasteiger partial charge in [0.15, 0.2) is 0 Å². The Labute approximate surface area is 235 Å². The van der Waals surface area contributed by atoms with Crippen LogP contribution in [-0.2, 0) is 23.1 Å². The summed E-state index contributed by atoms with van der Waals surface area (Å²) in [5.41, 5.74) is 0. The van der Waals surface area contributed by atoms with Crippen LogP contribution in [0.5, 0.6) is 0 Å². The van der Waals surface area contributed by atoms with Gasteiger partial charge in [0.25, 0.3) is 0 Å². The molecule has 1 aliphatic rings. The predicted octanol–water partition coefficient (Wildman–Crippen LogP) is 8.15. The molecule has 38 heavy (non-hydrogen) atoms. The van der Waals surface area contributed by atoms with Crippen molar-refractivity contribution in [3.63, 3.8) is 0 Å². The Hall–Kier alpha value is -0.0100. The fourth-order valence-electron chi connectivity index (χ4n) is 5.14. The standard InChI is InChI=1S/C30H62NO6P/c1-4-5-6-7-8-9-10-11-12-13-14-15-16-17-18-19-24-35-27-30(34-3)28-37-38(32,33)36-25-23-31-22-20-21-29(2)26-31/h29-30H,4-28H2,1-3H3,(H,32,33). The molecule has 0 saturated carbocycles. The summed E-state index contributed by atoms with van der Waals surface area (Å²) in [6.45, 7) is 8.39. The van der Waals surface area contributed by atoms with Crippen molar-refractivity contribution in [1.29, 1.82) is 0 Å². The van der Waals surface area contributed by atoms with Gasteiger partial charge in [0.2, 0.25) is 0 Å². The molecule has 0 amide bonds. The first-order chi connectivity index (χ1) is 18.5. The third-order valence-corrected chi connectivity index (χ3v) is 8.59. The first-order valence-electron chi connectivity index (χ1n) is 15.9. The zero-order valence-electron chi connectivity index (χ0n) is 25.2. The number of unbranched alkanes of at least 4 members (excludes halogenated alkanes) is 15. The van der Waals surface area contributed by atoms with E-state index in [1.807, 2.05) is 0 Å². The highest BCUT2D eigenvalue weighted by molar-refractivity contribution is 7.47. The van der Waals surface area contributed by atoms with Crippen molar-refractivity contribution in [3.8, 4) is 0 Å². The first-order valence-corrected chi connectivity index (χ1v) is 17.4. The molecule has 1 fully saturated rings. The number of phosphoric acid groups is 1. The van der Waals surface area contributed by atoms with Gasteiger partial charge in [-0.1, -0.05) is 110 Å². The largest absolute Gasteiger partial charge is 0.472 e. The average Bonchev–Trinajstić information content (AvgIpc) is 2.89. The van der Waals surface area contributed by atoms with Crippen LogP contribution in [0.4, 0.5) is 0 Å². The van der Waals surface area contributed by atoms with E-state index in [1.165, 1.54) is 109 Å². The summed E-state index contributed by atoms with van der Waals surface area (Å²) >= 11 is 0. The molecule has 1 heterocycles. The number of hydrogen-bond acceptors (Lipinski definition) is 6. The number of likely N-dealkylation sites (tertiary alicyclic amines) is 1. The summed E-state index contributed by atoms with van der Waals surface area (Å²) in [4.78, 5) is 12.2. The maximum atomic E-state index is 12.2. The van der Waals surface area contributed by atoms with Gasteiger partial charge < -0.3 is 19.3 Å². The summed E-state index contributed by atoms with van der Waals surface area (Å²) in [5.74, 6) is 0.669. The van der Waals surface area contributed by atoms with E-state index in [9.17, 15) is 9.46 Å². The molecule has 0 spiro atoms. The number of methoxy groups -OCH3 is 1. The summed E-state index contributed by atoms with van der Waals surface area (Å²) in [5, 5.41) is 0. The zero-order chi connectivity index (χ0) is 27.7. The zero-order valence-corrected chi connectivity index (χ0v) is 26.1. The molecule has 3 unspecified atom stereocenters. The van der Waals surface area contributed by atoms with Gasteiger partial charge in [-0.05, 0) is 31.7 Å². The number of piperidine rings is 1. The Bertz CT molecular complexity index is 567. The van der Waals surface area contributed by atoms with E-state index in [1.54, 1.807) is 7.11 Å². The molecule has 0 aromatic heterocycles. The summed E-state index contributed by atoms with van der Waals surface area (Å²) in [6.07, 6.45) is 23.6. The predicted molar refractivity (Wildman–Crippen MR) is 158 cm³/mol. The van der Waals surface area contributed by atoms with Crippen molar-refractivity contribution in [3.05, 3.63) is 0 Å². The summed E-state index contributed by atoms with van der Waals surface area (Å²) in [6, 6.07) is 0. The van der Waals surface area contributed by atoms with Gasteiger partial charge in [0.1, 0.15) is 6.10 Å². The second kappa shape index (κ2) is 24.8. The lowest BCUT2D eigenvalue weighted by Crippen LogP contribution is -2.36. The van der Waals surface area contributed by atoms with E-state index in [4.69, 9.17) is 18.5 Å². The second-order valence-electron chi connectivity index (χ2n) is 11.4. The van der Waals surface area contributed by atoms with Gasteiger partial charge in [-0.3, -0.25) is 9.05 Å². The third-order valence-electron chi connectivity index (χ3n) is 7.61. The number of phosphoric ester groups is 1. The highest BCUT2D eigenvalue weighted by Gasteiger charge is 2.24. The Morgan fingerprint density at radius 2 is 1.37 bits per heavy atom. The minimum atomic E-state index is -4.08. The molecule has 0 radical (unpaired) electrons. The molecule has 1 aliphatic heterocycles. The minimum absolute atomic E-state index is 0.0238. The van der Waals surface area contributed by atoms with Gasteiger partial charge in [-0.15, -0.1) is 0 Å². The van der Waals surface area contributed by atoms with Crippen LogP contribution in [-0.4, -0.2) is 69.1 Å². The molecule has 0 bridgehead atoms. The average molecular weight is 564 g/mol. The minimum Gasteiger partial charge on any atom is -0.379 e. The van der Waals surface area contributed by atoms with E-state index in [0.717, 1.165) is 19.5 Å². The quantitative estimate of drug-likeness (QED) is 0.0798. The van der Waals surface area contributed by atoms with Crippen molar-refractivity contribution in [1.82, 2.24) is 4.90 Å². The lowest BCUT2D eigenvalue weighted by Gasteiger charge is -2.30. The maximum absolute atomic E-state index is 12.2. The lowest BCUT2D eigenvalue weighted by molar-refractivity contribution is -0.0224. The monoisotopic (exact) mass is 563 g/mol. The van der Waals surface area contributed by atoms with E-state index in [2.05, 4.69) is 18.7 Å². The molecule has 0 aromatic carbocycles. The molecule has 0 aliphatic carbocycles. The summed E-state index contributed by atoms with van der Waals surface area (Å²) < 4.78 is 33.5. The first kappa shape index (κ1) is 36.0. The van der Waals surface area contributed by atoms with Crippen LogP contribution in [0, 0.1) is 5.92 Å². The van der Waals surface area contributed by atoms with Crippen molar-refractivity contribution in [2.75, 3.05) is 53.2 Å². The topological polar surface area (TPSA) is 77.5 Å². The van der Waals surface area contributed by atoms with Crippen molar-refractivity contribution < 1.29 is 28.0 Å². The van der Waals surface area contributed by atoms with Gasteiger partial charge in [-0.25, -0.2) is 4.57 Å². The van der Waals surface area contributed by atoms with E-state index in [0.29, 0.717) is 25.7 Å². The molecule has 0 aromatic rings. The van der Waals surface area contributed by atoms with Gasteiger partial charge in [0, 0.05) is 26.8 Å². The maximum Gasteiger partial charge on any atom is 0.472 e. The highest BCUT2D eigenvalue weighted by atomic mass is 31.2. The van der Waals surface area contributed by atoms with Gasteiger partial charge >= 0.3 is 7.82 Å². The number of nitrogens with zero attached hydrogens (tertiary/aromatic N) is 1. The Kier molecular flexibility index (Phi) is 23.5. The van der Waals surface area contributed by atoms with Gasteiger partial charge in [-0.2, -0.15) is 0 Å². The van der Waals surface area contributed by atoms with Gasteiger partial charge in [0.05, 0.1) is 19.8 Å². The number of ether oxygens (including phenoxy) is 2. The third kappa shape index (κ3) is 21.8. The molecule has 1 rings (SSSR count). The molecule has 7 nitrogen and oxygen atoms in total. The van der Waals surface area contributed by atoms with Crippen LogP contribution in [0.15, 0.2) is 0 Å².